The van der Waals surface area contributed by atoms with Gasteiger partial charge in [0.1, 0.15) is 0 Å². The van der Waals surface area contributed by atoms with Gasteiger partial charge in [-0.15, -0.1) is 0 Å². The zero-order chi connectivity index (χ0) is 16.5. The van der Waals surface area contributed by atoms with E-state index in [-0.39, 0.29) is 18.3 Å². The Balaban J connectivity index is 2.27. The summed E-state index contributed by atoms with van der Waals surface area (Å²) in [5, 5.41) is 13.1. The molecule has 0 fully saturated rings. The highest BCUT2D eigenvalue weighted by atomic mass is 16.5. The number of esters is 1. The molecule has 0 spiro atoms. The van der Waals surface area contributed by atoms with Crippen molar-refractivity contribution in [3.8, 4) is 0 Å². The van der Waals surface area contributed by atoms with Crippen LogP contribution in [0.2, 0.25) is 0 Å². The minimum absolute atomic E-state index is 0.173. The smallest absolute Gasteiger partial charge is 0.305 e. The number of oxime groups is 1. The standard InChI is InChI=1S/C19H21NO3/c1-2-23-18(21)14-13-17(15-9-5-3-6-10-15)19(20-22)16-11-7-4-8-12-16/h3-12,17,22H,2,13-14H2,1H3. The van der Waals surface area contributed by atoms with Crippen molar-refractivity contribution < 1.29 is 14.7 Å². The number of ether oxygens (including phenoxy) is 1. The van der Waals surface area contributed by atoms with E-state index in [1.807, 2.05) is 60.7 Å². The number of carbonyl (C=O) groups is 1. The van der Waals surface area contributed by atoms with Crippen molar-refractivity contribution in [2.75, 3.05) is 6.61 Å². The Bertz CT molecular complexity index is 638. The van der Waals surface area contributed by atoms with Gasteiger partial charge >= 0.3 is 5.97 Å². The van der Waals surface area contributed by atoms with Gasteiger partial charge in [0.15, 0.2) is 0 Å². The molecule has 1 N–H and O–H groups in total. The Labute approximate surface area is 136 Å². The molecule has 2 aromatic rings. The number of rotatable bonds is 7. The highest BCUT2D eigenvalue weighted by molar-refractivity contribution is 6.04. The highest BCUT2D eigenvalue weighted by Gasteiger charge is 2.22. The third-order valence-electron chi connectivity index (χ3n) is 3.65. The molecule has 0 aliphatic heterocycles. The summed E-state index contributed by atoms with van der Waals surface area (Å²) in [5.74, 6) is -0.410. The molecule has 0 saturated heterocycles. The fourth-order valence-electron chi connectivity index (χ4n) is 2.58. The summed E-state index contributed by atoms with van der Waals surface area (Å²) in [7, 11) is 0. The molecular formula is C19H21NO3. The molecule has 0 saturated carbocycles. The predicted molar refractivity (Wildman–Crippen MR) is 89.8 cm³/mol. The zero-order valence-electron chi connectivity index (χ0n) is 13.2. The van der Waals surface area contributed by atoms with E-state index in [0.29, 0.717) is 18.7 Å². The normalized spacial score (nSPS) is 12.7. The van der Waals surface area contributed by atoms with Gasteiger partial charge in [-0.2, -0.15) is 0 Å². The first-order valence-corrected chi connectivity index (χ1v) is 7.74. The molecule has 0 aliphatic rings. The molecule has 2 aromatic carbocycles. The first kappa shape index (κ1) is 16.7. The second kappa shape index (κ2) is 8.73. The van der Waals surface area contributed by atoms with Gasteiger partial charge in [0.05, 0.1) is 12.3 Å². The van der Waals surface area contributed by atoms with Crippen LogP contribution < -0.4 is 0 Å². The molecule has 4 heteroatoms. The second-order valence-electron chi connectivity index (χ2n) is 5.16. The Kier molecular flexibility index (Phi) is 6.36. The Morgan fingerprint density at radius 2 is 1.70 bits per heavy atom. The summed E-state index contributed by atoms with van der Waals surface area (Å²) in [4.78, 5) is 11.7. The lowest BCUT2D eigenvalue weighted by Gasteiger charge is -2.18. The lowest BCUT2D eigenvalue weighted by atomic mass is 9.86. The van der Waals surface area contributed by atoms with Gasteiger partial charge in [-0.3, -0.25) is 4.79 Å². The average Bonchev–Trinajstić information content (AvgIpc) is 2.60. The summed E-state index contributed by atoms with van der Waals surface area (Å²) in [5.41, 5.74) is 2.40. The molecule has 0 aromatic heterocycles. The van der Waals surface area contributed by atoms with Gasteiger partial charge in [-0.1, -0.05) is 65.8 Å². The molecule has 0 bridgehead atoms. The minimum atomic E-state index is -0.237. The molecule has 0 heterocycles. The van der Waals surface area contributed by atoms with Crippen LogP contribution in [0.5, 0.6) is 0 Å². The third-order valence-corrected chi connectivity index (χ3v) is 3.65. The lowest BCUT2D eigenvalue weighted by molar-refractivity contribution is -0.143. The van der Waals surface area contributed by atoms with Crippen LogP contribution in [-0.2, 0) is 9.53 Å². The van der Waals surface area contributed by atoms with Gasteiger partial charge in [0, 0.05) is 12.3 Å². The number of benzene rings is 2. The zero-order valence-corrected chi connectivity index (χ0v) is 13.2. The van der Waals surface area contributed by atoms with E-state index in [9.17, 15) is 10.0 Å². The van der Waals surface area contributed by atoms with E-state index in [2.05, 4.69) is 5.16 Å². The largest absolute Gasteiger partial charge is 0.466 e. The predicted octanol–water partition coefficient (Wildman–Crippen LogP) is 3.99. The van der Waals surface area contributed by atoms with Crippen molar-refractivity contribution in [2.45, 2.75) is 25.7 Å². The van der Waals surface area contributed by atoms with Crippen LogP contribution >= 0.6 is 0 Å². The van der Waals surface area contributed by atoms with Crippen molar-refractivity contribution in [1.82, 2.24) is 0 Å². The summed E-state index contributed by atoms with van der Waals surface area (Å²) in [6.45, 7) is 2.16. The molecule has 0 radical (unpaired) electrons. The number of carbonyl (C=O) groups excluding carboxylic acids is 1. The Morgan fingerprint density at radius 3 is 2.26 bits per heavy atom. The van der Waals surface area contributed by atoms with Gasteiger partial charge in [0.2, 0.25) is 0 Å². The Morgan fingerprint density at radius 1 is 1.09 bits per heavy atom. The summed E-state index contributed by atoms with van der Waals surface area (Å²) >= 11 is 0. The minimum Gasteiger partial charge on any atom is -0.466 e. The van der Waals surface area contributed by atoms with Crippen LogP contribution in [0.25, 0.3) is 0 Å². The fourth-order valence-corrected chi connectivity index (χ4v) is 2.58. The molecule has 0 amide bonds. The number of hydrogen-bond donors (Lipinski definition) is 1. The van der Waals surface area contributed by atoms with E-state index in [4.69, 9.17) is 4.74 Å². The van der Waals surface area contributed by atoms with Crippen LogP contribution in [-0.4, -0.2) is 23.5 Å². The fraction of sp³-hybridized carbons (Fsp3) is 0.263. The third kappa shape index (κ3) is 4.68. The summed E-state index contributed by atoms with van der Waals surface area (Å²) in [6.07, 6.45) is 0.802. The van der Waals surface area contributed by atoms with E-state index in [0.717, 1.165) is 11.1 Å². The van der Waals surface area contributed by atoms with Gasteiger partial charge < -0.3 is 9.94 Å². The van der Waals surface area contributed by atoms with E-state index >= 15 is 0 Å². The molecule has 1 atom stereocenters. The van der Waals surface area contributed by atoms with Crippen molar-refractivity contribution in [2.24, 2.45) is 5.16 Å². The monoisotopic (exact) mass is 311 g/mol. The maximum Gasteiger partial charge on any atom is 0.305 e. The topological polar surface area (TPSA) is 58.9 Å². The second-order valence-corrected chi connectivity index (χ2v) is 5.16. The first-order chi connectivity index (χ1) is 11.3. The van der Waals surface area contributed by atoms with Gasteiger partial charge in [-0.05, 0) is 24.5 Å². The van der Waals surface area contributed by atoms with Crippen molar-refractivity contribution in [3.63, 3.8) is 0 Å². The van der Waals surface area contributed by atoms with Crippen LogP contribution in [0.3, 0.4) is 0 Å². The summed E-state index contributed by atoms with van der Waals surface area (Å²) < 4.78 is 5.01. The van der Waals surface area contributed by atoms with Crippen molar-refractivity contribution in [1.29, 1.82) is 0 Å². The molecule has 23 heavy (non-hydrogen) atoms. The Hall–Kier alpha value is -2.62. The molecule has 1 unspecified atom stereocenters. The quantitative estimate of drug-likeness (QED) is 0.364. The molecule has 2 rings (SSSR count). The van der Waals surface area contributed by atoms with Crippen molar-refractivity contribution in [3.05, 3.63) is 71.8 Å². The average molecular weight is 311 g/mol. The van der Waals surface area contributed by atoms with Crippen LogP contribution in [0.4, 0.5) is 0 Å². The lowest BCUT2D eigenvalue weighted by Crippen LogP contribution is -2.16. The van der Waals surface area contributed by atoms with E-state index in [1.54, 1.807) is 6.92 Å². The number of hydrogen-bond acceptors (Lipinski definition) is 4. The molecular weight excluding hydrogens is 290 g/mol. The summed E-state index contributed by atoms with van der Waals surface area (Å²) in [6, 6.07) is 19.3. The SMILES string of the molecule is CCOC(=O)CCC(C(=NO)c1ccccc1)c1ccccc1. The molecule has 120 valence electrons. The van der Waals surface area contributed by atoms with Crippen LogP contribution in [0.1, 0.15) is 36.8 Å². The van der Waals surface area contributed by atoms with E-state index < -0.39 is 0 Å². The molecule has 0 aliphatic carbocycles. The van der Waals surface area contributed by atoms with Gasteiger partial charge in [-0.25, -0.2) is 0 Å². The molecule has 4 nitrogen and oxygen atoms in total. The number of nitrogens with zero attached hydrogens (tertiary/aromatic N) is 1. The van der Waals surface area contributed by atoms with Crippen molar-refractivity contribution >= 4 is 11.7 Å². The maximum atomic E-state index is 11.7. The van der Waals surface area contributed by atoms with Crippen LogP contribution in [0, 0.1) is 0 Å². The van der Waals surface area contributed by atoms with Crippen LogP contribution in [0.15, 0.2) is 65.8 Å². The van der Waals surface area contributed by atoms with E-state index in [1.165, 1.54) is 0 Å². The van der Waals surface area contributed by atoms with Gasteiger partial charge in [0.25, 0.3) is 0 Å². The maximum absolute atomic E-state index is 11.7. The first-order valence-electron chi connectivity index (χ1n) is 7.74. The highest BCUT2D eigenvalue weighted by Crippen LogP contribution is 2.26.